The molecule has 2 rings (SSSR count). The van der Waals surface area contributed by atoms with Gasteiger partial charge in [0.15, 0.2) is 0 Å². The number of nitrogen functional groups attached to an aromatic ring is 1. The zero-order valence-electron chi connectivity index (χ0n) is 10.0. The van der Waals surface area contributed by atoms with E-state index in [-0.39, 0.29) is 11.8 Å². The number of hydrogen-bond acceptors (Lipinski definition) is 4. The zero-order valence-corrected chi connectivity index (χ0v) is 10.0. The van der Waals surface area contributed by atoms with Crippen LogP contribution in [0.25, 0.3) is 0 Å². The molecule has 0 radical (unpaired) electrons. The van der Waals surface area contributed by atoms with Gasteiger partial charge < -0.3 is 16.4 Å². The highest BCUT2D eigenvalue weighted by Gasteiger charge is 2.25. The second-order valence-corrected chi connectivity index (χ2v) is 4.60. The molecule has 0 saturated carbocycles. The first-order chi connectivity index (χ1) is 8.08. The van der Waals surface area contributed by atoms with Crippen LogP contribution in [0.3, 0.4) is 0 Å². The van der Waals surface area contributed by atoms with E-state index < -0.39 is 0 Å². The van der Waals surface area contributed by atoms with Crippen LogP contribution in [0.15, 0.2) is 12.3 Å². The summed E-state index contributed by atoms with van der Waals surface area (Å²) in [6, 6.07) is 1.90. The molecule has 5 heteroatoms. The Kier molecular flexibility index (Phi) is 3.17. The number of hydrogen-bond donors (Lipinski definition) is 2. The Morgan fingerprint density at radius 2 is 2.35 bits per heavy atom. The van der Waals surface area contributed by atoms with Gasteiger partial charge in [0.2, 0.25) is 5.91 Å². The van der Waals surface area contributed by atoms with Crippen molar-refractivity contribution in [2.75, 3.05) is 23.7 Å². The molecule has 2 heterocycles. The normalized spacial score (nSPS) is 20.3. The molecule has 1 saturated heterocycles. The quantitative estimate of drug-likeness (QED) is 0.787. The number of piperidine rings is 1. The van der Waals surface area contributed by atoms with E-state index >= 15 is 0 Å². The number of primary amides is 1. The minimum atomic E-state index is -0.220. The van der Waals surface area contributed by atoms with Gasteiger partial charge in [-0.3, -0.25) is 4.79 Å². The molecule has 0 spiro atoms. The van der Waals surface area contributed by atoms with Crippen LogP contribution in [0, 0.1) is 12.8 Å². The minimum Gasteiger partial charge on any atom is -0.397 e. The first-order valence-electron chi connectivity index (χ1n) is 5.84. The van der Waals surface area contributed by atoms with Crippen molar-refractivity contribution < 1.29 is 4.79 Å². The second-order valence-electron chi connectivity index (χ2n) is 4.60. The number of nitrogens with zero attached hydrogens (tertiary/aromatic N) is 2. The Morgan fingerprint density at radius 3 is 3.00 bits per heavy atom. The van der Waals surface area contributed by atoms with Crippen molar-refractivity contribution in [2.24, 2.45) is 11.7 Å². The first kappa shape index (κ1) is 11.7. The average molecular weight is 234 g/mol. The van der Waals surface area contributed by atoms with E-state index in [0.29, 0.717) is 12.2 Å². The van der Waals surface area contributed by atoms with Crippen LogP contribution in [0.4, 0.5) is 11.5 Å². The van der Waals surface area contributed by atoms with Gasteiger partial charge in [0.05, 0.1) is 17.8 Å². The molecule has 1 aliphatic heterocycles. The summed E-state index contributed by atoms with van der Waals surface area (Å²) < 4.78 is 0. The van der Waals surface area contributed by atoms with Gasteiger partial charge in [-0.1, -0.05) is 0 Å². The number of nitrogens with two attached hydrogens (primary N) is 2. The van der Waals surface area contributed by atoms with Gasteiger partial charge in [0, 0.05) is 13.1 Å². The van der Waals surface area contributed by atoms with Crippen molar-refractivity contribution in [1.29, 1.82) is 0 Å². The standard InChI is InChI=1S/C12H18N4O/c1-8-5-10(13)6-15-12(8)16-4-2-3-9(7-16)11(14)17/h5-6,9H,2-4,7,13H2,1H3,(H2,14,17). The van der Waals surface area contributed by atoms with E-state index in [1.54, 1.807) is 6.20 Å². The maximum atomic E-state index is 11.2. The molecule has 0 aromatic carbocycles. The van der Waals surface area contributed by atoms with E-state index in [9.17, 15) is 4.79 Å². The predicted molar refractivity (Wildman–Crippen MR) is 67.5 cm³/mol. The smallest absolute Gasteiger partial charge is 0.222 e. The fourth-order valence-corrected chi connectivity index (χ4v) is 2.32. The summed E-state index contributed by atoms with van der Waals surface area (Å²) in [5.74, 6) is 0.621. The summed E-state index contributed by atoms with van der Waals surface area (Å²) in [5.41, 5.74) is 12.7. The molecule has 1 amide bonds. The Hall–Kier alpha value is -1.78. The molecule has 5 nitrogen and oxygen atoms in total. The monoisotopic (exact) mass is 234 g/mol. The fourth-order valence-electron chi connectivity index (χ4n) is 2.32. The molecule has 1 atom stereocenters. The molecule has 1 unspecified atom stereocenters. The van der Waals surface area contributed by atoms with Gasteiger partial charge in [0.1, 0.15) is 5.82 Å². The number of anilines is 2. The Balaban J connectivity index is 2.19. The molecule has 1 aromatic rings. The number of aryl methyl sites for hydroxylation is 1. The van der Waals surface area contributed by atoms with Gasteiger partial charge in [0.25, 0.3) is 0 Å². The molecule has 1 fully saturated rings. The number of carbonyl (C=O) groups excluding carboxylic acids is 1. The molecule has 0 aliphatic carbocycles. The van der Waals surface area contributed by atoms with Gasteiger partial charge in [-0.15, -0.1) is 0 Å². The van der Waals surface area contributed by atoms with E-state index in [1.807, 2.05) is 13.0 Å². The zero-order chi connectivity index (χ0) is 12.4. The topological polar surface area (TPSA) is 85.2 Å². The van der Waals surface area contributed by atoms with Crippen LogP contribution in [0.1, 0.15) is 18.4 Å². The van der Waals surface area contributed by atoms with Crippen LogP contribution in [-0.4, -0.2) is 24.0 Å². The average Bonchev–Trinajstić information content (AvgIpc) is 2.29. The third-order valence-corrected chi connectivity index (χ3v) is 3.20. The highest BCUT2D eigenvalue weighted by atomic mass is 16.1. The summed E-state index contributed by atoms with van der Waals surface area (Å²) >= 11 is 0. The Bertz CT molecular complexity index is 433. The largest absolute Gasteiger partial charge is 0.397 e. The molecule has 0 bridgehead atoms. The number of aromatic nitrogens is 1. The number of pyridine rings is 1. The lowest BCUT2D eigenvalue weighted by atomic mass is 9.97. The third kappa shape index (κ3) is 2.49. The van der Waals surface area contributed by atoms with Crippen LogP contribution >= 0.6 is 0 Å². The minimum absolute atomic E-state index is 0.0671. The highest BCUT2D eigenvalue weighted by molar-refractivity contribution is 5.77. The lowest BCUT2D eigenvalue weighted by Crippen LogP contribution is -2.41. The van der Waals surface area contributed by atoms with Gasteiger partial charge in [-0.05, 0) is 31.4 Å². The summed E-state index contributed by atoms with van der Waals surface area (Å²) in [7, 11) is 0. The highest BCUT2D eigenvalue weighted by Crippen LogP contribution is 2.24. The lowest BCUT2D eigenvalue weighted by Gasteiger charge is -2.33. The predicted octanol–water partition coefficient (Wildman–Crippen LogP) is 0.674. The first-order valence-corrected chi connectivity index (χ1v) is 5.84. The molecule has 1 aromatic heterocycles. The van der Waals surface area contributed by atoms with Crippen molar-refractivity contribution in [3.05, 3.63) is 17.8 Å². The summed E-state index contributed by atoms with van der Waals surface area (Å²) in [6.07, 6.45) is 3.50. The van der Waals surface area contributed by atoms with Crippen LogP contribution in [0.2, 0.25) is 0 Å². The van der Waals surface area contributed by atoms with Crippen molar-refractivity contribution in [1.82, 2.24) is 4.98 Å². The number of rotatable bonds is 2. The maximum Gasteiger partial charge on any atom is 0.222 e. The maximum absolute atomic E-state index is 11.2. The SMILES string of the molecule is Cc1cc(N)cnc1N1CCCC(C(N)=O)C1. The summed E-state index contributed by atoms with van der Waals surface area (Å²) in [4.78, 5) is 17.7. The van der Waals surface area contributed by atoms with Crippen LogP contribution in [0.5, 0.6) is 0 Å². The molecule has 1 aliphatic rings. The molecular weight excluding hydrogens is 216 g/mol. The van der Waals surface area contributed by atoms with Crippen molar-refractivity contribution in [2.45, 2.75) is 19.8 Å². The van der Waals surface area contributed by atoms with E-state index in [0.717, 1.165) is 30.8 Å². The summed E-state index contributed by atoms with van der Waals surface area (Å²) in [6.45, 7) is 3.56. The number of amides is 1. The third-order valence-electron chi connectivity index (χ3n) is 3.20. The lowest BCUT2D eigenvalue weighted by molar-refractivity contribution is -0.122. The van der Waals surface area contributed by atoms with Crippen LogP contribution < -0.4 is 16.4 Å². The van der Waals surface area contributed by atoms with Gasteiger partial charge in [-0.2, -0.15) is 0 Å². The summed E-state index contributed by atoms with van der Waals surface area (Å²) in [5, 5.41) is 0. The van der Waals surface area contributed by atoms with Crippen LogP contribution in [-0.2, 0) is 4.79 Å². The molecule has 4 N–H and O–H groups in total. The van der Waals surface area contributed by atoms with Gasteiger partial charge in [-0.25, -0.2) is 4.98 Å². The Labute approximate surface area is 101 Å². The molecule has 92 valence electrons. The molecule has 17 heavy (non-hydrogen) atoms. The van der Waals surface area contributed by atoms with Crippen molar-refractivity contribution in [3.8, 4) is 0 Å². The number of carbonyl (C=O) groups is 1. The molecular formula is C12H18N4O. The van der Waals surface area contributed by atoms with E-state index in [4.69, 9.17) is 11.5 Å². The van der Waals surface area contributed by atoms with Gasteiger partial charge >= 0.3 is 0 Å². The van der Waals surface area contributed by atoms with Crippen molar-refractivity contribution >= 4 is 17.4 Å². The fraction of sp³-hybridized carbons (Fsp3) is 0.500. The van der Waals surface area contributed by atoms with E-state index in [1.165, 1.54) is 0 Å². The Morgan fingerprint density at radius 1 is 1.59 bits per heavy atom. The van der Waals surface area contributed by atoms with E-state index in [2.05, 4.69) is 9.88 Å². The van der Waals surface area contributed by atoms with Crippen molar-refractivity contribution in [3.63, 3.8) is 0 Å². The second kappa shape index (κ2) is 4.61.